The molecule has 6 heteroatoms. The summed E-state index contributed by atoms with van der Waals surface area (Å²) in [7, 11) is 0. The van der Waals surface area contributed by atoms with Crippen molar-refractivity contribution in [2.75, 3.05) is 17.2 Å². The number of amides is 1. The van der Waals surface area contributed by atoms with Crippen LogP contribution in [0.4, 0.5) is 17.1 Å². The lowest BCUT2D eigenvalue weighted by atomic mass is 10.1. The normalized spacial score (nSPS) is 10.3. The highest BCUT2D eigenvalue weighted by Gasteiger charge is 2.10. The van der Waals surface area contributed by atoms with E-state index in [0.717, 1.165) is 17.8 Å². The maximum absolute atomic E-state index is 12.4. The van der Waals surface area contributed by atoms with E-state index in [-0.39, 0.29) is 11.9 Å². The maximum atomic E-state index is 12.4. The Morgan fingerprint density at radius 3 is 2.10 bits per heavy atom. The van der Waals surface area contributed by atoms with Crippen LogP contribution in [0, 0.1) is 0 Å². The number of aromatic nitrogens is 1. The SMILES string of the molecule is CCOC(=O)c1ccc(NC(=O)c2ccc(Nc3ccc(CC)cc3)cn2)cc1. The van der Waals surface area contributed by atoms with E-state index >= 15 is 0 Å². The molecule has 0 bridgehead atoms. The number of pyridine rings is 1. The third kappa shape index (κ3) is 5.42. The highest BCUT2D eigenvalue weighted by Crippen LogP contribution is 2.17. The summed E-state index contributed by atoms with van der Waals surface area (Å²) in [5.74, 6) is -0.716. The van der Waals surface area contributed by atoms with Crippen molar-refractivity contribution in [1.82, 2.24) is 4.98 Å². The Kier molecular flexibility index (Phi) is 6.58. The Morgan fingerprint density at radius 1 is 0.862 bits per heavy atom. The van der Waals surface area contributed by atoms with E-state index in [1.165, 1.54) is 5.56 Å². The van der Waals surface area contributed by atoms with E-state index in [1.807, 2.05) is 12.1 Å². The van der Waals surface area contributed by atoms with E-state index in [0.29, 0.717) is 23.6 Å². The Morgan fingerprint density at radius 2 is 1.52 bits per heavy atom. The molecule has 1 heterocycles. The van der Waals surface area contributed by atoms with Gasteiger partial charge in [-0.3, -0.25) is 4.79 Å². The number of benzene rings is 2. The van der Waals surface area contributed by atoms with Crippen molar-refractivity contribution < 1.29 is 14.3 Å². The lowest BCUT2D eigenvalue weighted by Gasteiger charge is -2.09. The molecule has 148 valence electrons. The lowest BCUT2D eigenvalue weighted by Crippen LogP contribution is -2.14. The zero-order valence-corrected chi connectivity index (χ0v) is 16.4. The Balaban J connectivity index is 1.60. The van der Waals surface area contributed by atoms with Crippen LogP contribution in [0.3, 0.4) is 0 Å². The first-order chi connectivity index (χ1) is 14.1. The van der Waals surface area contributed by atoms with E-state index in [4.69, 9.17) is 4.74 Å². The van der Waals surface area contributed by atoms with Crippen LogP contribution in [0.25, 0.3) is 0 Å². The van der Waals surface area contributed by atoms with Crippen LogP contribution in [-0.4, -0.2) is 23.5 Å². The minimum absolute atomic E-state index is 0.298. The van der Waals surface area contributed by atoms with Crippen LogP contribution in [0.5, 0.6) is 0 Å². The smallest absolute Gasteiger partial charge is 0.338 e. The van der Waals surface area contributed by atoms with Gasteiger partial charge < -0.3 is 15.4 Å². The van der Waals surface area contributed by atoms with Crippen molar-refractivity contribution in [1.29, 1.82) is 0 Å². The average Bonchev–Trinajstić information content (AvgIpc) is 2.75. The molecule has 1 aromatic heterocycles. The first-order valence-corrected chi connectivity index (χ1v) is 9.49. The number of esters is 1. The molecule has 1 amide bonds. The molecule has 2 N–H and O–H groups in total. The summed E-state index contributed by atoms with van der Waals surface area (Å²) in [5, 5.41) is 6.02. The second-order valence-corrected chi connectivity index (χ2v) is 6.36. The van der Waals surface area contributed by atoms with Crippen molar-refractivity contribution in [3.8, 4) is 0 Å². The minimum atomic E-state index is -0.389. The van der Waals surface area contributed by atoms with Crippen LogP contribution in [0.2, 0.25) is 0 Å². The van der Waals surface area contributed by atoms with Gasteiger partial charge in [0.05, 0.1) is 24.1 Å². The van der Waals surface area contributed by atoms with Crippen molar-refractivity contribution in [3.63, 3.8) is 0 Å². The van der Waals surface area contributed by atoms with Gasteiger partial charge in [-0.1, -0.05) is 19.1 Å². The summed E-state index contributed by atoms with van der Waals surface area (Å²) >= 11 is 0. The third-order valence-electron chi connectivity index (χ3n) is 4.30. The summed E-state index contributed by atoms with van der Waals surface area (Å²) < 4.78 is 4.94. The summed E-state index contributed by atoms with van der Waals surface area (Å²) in [6, 6.07) is 18.2. The molecule has 3 rings (SSSR count). The molecule has 29 heavy (non-hydrogen) atoms. The number of nitrogens with one attached hydrogen (secondary N) is 2. The number of carbonyl (C=O) groups is 2. The maximum Gasteiger partial charge on any atom is 0.338 e. The number of rotatable bonds is 7. The molecule has 0 saturated carbocycles. The van der Waals surface area contributed by atoms with Gasteiger partial charge in [-0.15, -0.1) is 0 Å². The minimum Gasteiger partial charge on any atom is -0.462 e. The highest BCUT2D eigenvalue weighted by molar-refractivity contribution is 6.03. The molecule has 0 spiro atoms. The quantitative estimate of drug-likeness (QED) is 0.567. The molecule has 0 aliphatic heterocycles. The molecule has 3 aromatic rings. The molecule has 0 unspecified atom stereocenters. The predicted octanol–water partition coefficient (Wildman–Crippen LogP) is 4.82. The van der Waals surface area contributed by atoms with E-state index in [9.17, 15) is 9.59 Å². The number of hydrogen-bond acceptors (Lipinski definition) is 5. The molecule has 0 aliphatic rings. The second-order valence-electron chi connectivity index (χ2n) is 6.36. The number of hydrogen-bond donors (Lipinski definition) is 2. The number of anilines is 3. The van der Waals surface area contributed by atoms with Crippen molar-refractivity contribution in [2.24, 2.45) is 0 Å². The first-order valence-electron chi connectivity index (χ1n) is 9.49. The fourth-order valence-electron chi connectivity index (χ4n) is 2.69. The van der Waals surface area contributed by atoms with Crippen LogP contribution in [-0.2, 0) is 11.2 Å². The zero-order chi connectivity index (χ0) is 20.6. The van der Waals surface area contributed by atoms with E-state index in [1.54, 1.807) is 49.5 Å². The monoisotopic (exact) mass is 389 g/mol. The largest absolute Gasteiger partial charge is 0.462 e. The molecule has 0 radical (unpaired) electrons. The fourth-order valence-corrected chi connectivity index (χ4v) is 2.69. The van der Waals surface area contributed by atoms with Crippen molar-refractivity contribution in [2.45, 2.75) is 20.3 Å². The van der Waals surface area contributed by atoms with Crippen LogP contribution < -0.4 is 10.6 Å². The number of carbonyl (C=O) groups excluding carboxylic acids is 2. The van der Waals surface area contributed by atoms with Crippen LogP contribution in [0.15, 0.2) is 66.9 Å². The predicted molar refractivity (Wildman–Crippen MR) is 114 cm³/mol. The number of ether oxygens (including phenoxy) is 1. The molecule has 0 aliphatic carbocycles. The lowest BCUT2D eigenvalue weighted by molar-refractivity contribution is 0.0526. The highest BCUT2D eigenvalue weighted by atomic mass is 16.5. The Hall–Kier alpha value is -3.67. The summed E-state index contributed by atoms with van der Waals surface area (Å²) in [6.45, 7) is 4.19. The molecule has 0 atom stereocenters. The summed E-state index contributed by atoms with van der Waals surface area (Å²) in [5.41, 5.74) is 4.34. The zero-order valence-electron chi connectivity index (χ0n) is 16.4. The Bertz CT molecular complexity index is 966. The van der Waals surface area contributed by atoms with Gasteiger partial charge in [0.25, 0.3) is 5.91 Å². The van der Waals surface area contributed by atoms with Gasteiger partial charge in [-0.2, -0.15) is 0 Å². The van der Waals surface area contributed by atoms with E-state index < -0.39 is 0 Å². The van der Waals surface area contributed by atoms with Crippen LogP contribution >= 0.6 is 0 Å². The second kappa shape index (κ2) is 9.50. The van der Waals surface area contributed by atoms with Crippen LogP contribution in [0.1, 0.15) is 40.3 Å². The molecular formula is C23H23N3O3. The van der Waals surface area contributed by atoms with Gasteiger partial charge in [0, 0.05) is 11.4 Å². The first kappa shape index (κ1) is 20.1. The molecule has 2 aromatic carbocycles. The molecular weight excluding hydrogens is 366 g/mol. The standard InChI is InChI=1S/C23H23N3O3/c1-3-16-5-9-18(10-6-16)25-20-13-14-21(24-15-20)22(27)26-19-11-7-17(8-12-19)23(28)29-4-2/h5-15,25H,3-4H2,1-2H3,(H,26,27). The molecule has 0 saturated heterocycles. The van der Waals surface area contributed by atoms with Gasteiger partial charge in [0.1, 0.15) is 5.69 Å². The van der Waals surface area contributed by atoms with Gasteiger partial charge in [-0.25, -0.2) is 9.78 Å². The number of nitrogens with zero attached hydrogens (tertiary/aromatic N) is 1. The van der Waals surface area contributed by atoms with Gasteiger partial charge in [-0.05, 0) is 67.4 Å². The van der Waals surface area contributed by atoms with Gasteiger partial charge in [0.2, 0.25) is 0 Å². The summed E-state index contributed by atoms with van der Waals surface area (Å²) in [6.07, 6.45) is 2.61. The van der Waals surface area contributed by atoms with Crippen molar-refractivity contribution in [3.05, 3.63) is 83.7 Å². The average molecular weight is 389 g/mol. The Labute approximate surface area is 169 Å². The topological polar surface area (TPSA) is 80.3 Å². The number of aryl methyl sites for hydroxylation is 1. The fraction of sp³-hybridized carbons (Fsp3) is 0.174. The van der Waals surface area contributed by atoms with Crippen molar-refractivity contribution >= 4 is 28.9 Å². The third-order valence-corrected chi connectivity index (χ3v) is 4.30. The van der Waals surface area contributed by atoms with Gasteiger partial charge in [0.15, 0.2) is 0 Å². The van der Waals surface area contributed by atoms with Gasteiger partial charge >= 0.3 is 5.97 Å². The molecule has 0 fully saturated rings. The summed E-state index contributed by atoms with van der Waals surface area (Å²) in [4.78, 5) is 28.3. The molecule has 6 nitrogen and oxygen atoms in total. The van der Waals surface area contributed by atoms with E-state index in [2.05, 4.69) is 34.7 Å².